The van der Waals surface area contributed by atoms with Gasteiger partial charge in [-0.25, -0.2) is 28.9 Å². The number of aromatic nitrogens is 8. The fraction of sp³-hybridized carbons (Fsp3) is 0.500. The second-order valence-electron chi connectivity index (χ2n) is 9.90. The third kappa shape index (κ3) is 5.58. The second kappa shape index (κ2) is 11.3. The Bertz CT molecular complexity index is 1860. The van der Waals surface area contributed by atoms with Crippen LogP contribution in [0.3, 0.4) is 0 Å². The topological polar surface area (TPSA) is 232 Å². The Balaban J connectivity index is 1.15. The number of rotatable bonds is 2. The predicted molar refractivity (Wildman–Crippen MR) is 157 cm³/mol. The predicted octanol–water partition coefficient (Wildman–Crippen LogP) is 2.08. The van der Waals surface area contributed by atoms with Gasteiger partial charge in [0, 0.05) is 6.42 Å². The third-order valence-corrected chi connectivity index (χ3v) is 10.5. The van der Waals surface area contributed by atoms with Crippen molar-refractivity contribution in [1.82, 2.24) is 39.0 Å². The highest BCUT2D eigenvalue weighted by Gasteiger charge is 2.52. The molecule has 4 aromatic heterocycles. The van der Waals surface area contributed by atoms with Gasteiger partial charge in [-0.3, -0.25) is 18.2 Å². The molecule has 3 aliphatic rings. The first-order valence-corrected chi connectivity index (χ1v) is 18.4. The van der Waals surface area contributed by atoms with Crippen molar-refractivity contribution in [3.8, 4) is 0 Å². The van der Waals surface area contributed by atoms with Crippen LogP contribution in [0.2, 0.25) is 5.28 Å². The Kier molecular flexibility index (Phi) is 7.83. The summed E-state index contributed by atoms with van der Waals surface area (Å²) in [6, 6.07) is 0. The van der Waals surface area contributed by atoms with Crippen LogP contribution in [0.4, 0.5) is 16.0 Å². The lowest BCUT2D eigenvalue weighted by atomic mass is 10.1. The van der Waals surface area contributed by atoms with Crippen LogP contribution in [0.25, 0.3) is 22.3 Å². The van der Waals surface area contributed by atoms with Crippen molar-refractivity contribution in [1.29, 1.82) is 0 Å². The molecular formula is C20H22ClFN10O8P2S2. The van der Waals surface area contributed by atoms with Crippen molar-refractivity contribution in [2.24, 2.45) is 0 Å². The van der Waals surface area contributed by atoms with Gasteiger partial charge in [0.05, 0.1) is 32.0 Å². The molecule has 9 atom stereocenters. The second-order valence-corrected chi connectivity index (χ2v) is 15.9. The number of hydrogen-bond donors (Lipinski definition) is 4. The molecule has 3 unspecified atom stereocenters. The number of imidazole rings is 2. The normalized spacial score (nSPS) is 36.6. The van der Waals surface area contributed by atoms with Crippen LogP contribution in [0.1, 0.15) is 18.9 Å². The van der Waals surface area contributed by atoms with Crippen LogP contribution >= 0.6 is 37.4 Å². The Labute approximate surface area is 261 Å². The standard InChI is InChI=1S/C20H22ClFN10O8P2S2/c21-20-29-16(24)13-18(30-20)31(5-27-13)10-1-7-8(37-10)2-35-42(34,44)40-14-9(3-36-41(33,43)39-7)38-19(11(14)22)32-6-28-12-15(23)25-4-26-17(12)32/h4-11,14,19H,1-3H2,(H,33,43)(H,34,44)(H2,23,25,26)(H2,24,29,30)/t7-,8-,9-,10-,11+,14?,19-,41?,42?/m1/s1. The summed E-state index contributed by atoms with van der Waals surface area (Å²) >= 11 is 15.3. The van der Waals surface area contributed by atoms with Gasteiger partial charge < -0.3 is 34.9 Å². The van der Waals surface area contributed by atoms with E-state index in [1.54, 1.807) is 0 Å². The molecule has 3 saturated heterocycles. The molecule has 0 aromatic carbocycles. The van der Waals surface area contributed by atoms with Gasteiger partial charge in [-0.2, -0.15) is 9.97 Å². The number of thiol groups is 1. The van der Waals surface area contributed by atoms with Gasteiger partial charge in [0.2, 0.25) is 5.28 Å². The smallest absolute Gasteiger partial charge is 0.382 e. The Morgan fingerprint density at radius 1 is 0.977 bits per heavy atom. The zero-order valence-electron chi connectivity index (χ0n) is 21.9. The summed E-state index contributed by atoms with van der Waals surface area (Å²) < 4.78 is 66.7. The van der Waals surface area contributed by atoms with Gasteiger partial charge in [-0.1, -0.05) is 12.2 Å². The summed E-state index contributed by atoms with van der Waals surface area (Å²) in [5.74, 6) is 0.145. The third-order valence-electron chi connectivity index (χ3n) is 7.17. The summed E-state index contributed by atoms with van der Waals surface area (Å²) in [6.07, 6.45) is -4.84. The molecule has 0 bridgehead atoms. The van der Waals surface area contributed by atoms with Gasteiger partial charge in [0.25, 0.3) is 0 Å². The maximum Gasteiger partial charge on any atom is 0.386 e. The molecule has 24 heteroatoms. The lowest BCUT2D eigenvalue weighted by Gasteiger charge is -2.28. The van der Waals surface area contributed by atoms with Crippen molar-refractivity contribution in [3.05, 3.63) is 24.3 Å². The van der Waals surface area contributed by atoms with Crippen LogP contribution in [0.5, 0.6) is 0 Å². The van der Waals surface area contributed by atoms with Gasteiger partial charge in [-0.05, 0) is 23.4 Å². The van der Waals surface area contributed by atoms with E-state index in [0.717, 1.165) is 0 Å². The number of alkyl halides is 1. The molecule has 3 fully saturated rings. The first-order valence-electron chi connectivity index (χ1n) is 12.7. The highest BCUT2D eigenvalue weighted by atomic mass is 35.5. The van der Waals surface area contributed by atoms with Gasteiger partial charge in [0.15, 0.2) is 35.3 Å². The summed E-state index contributed by atoms with van der Waals surface area (Å²) in [4.78, 5) is 35.4. The molecule has 0 amide bonds. The molecule has 236 valence electrons. The van der Waals surface area contributed by atoms with Gasteiger partial charge in [0.1, 0.15) is 41.9 Å². The van der Waals surface area contributed by atoms with Gasteiger partial charge >= 0.3 is 13.5 Å². The van der Waals surface area contributed by atoms with Crippen molar-refractivity contribution in [2.45, 2.75) is 49.5 Å². The highest BCUT2D eigenvalue weighted by Crippen LogP contribution is 2.58. The van der Waals surface area contributed by atoms with E-state index in [1.165, 1.54) is 28.1 Å². The number of ether oxygens (including phenoxy) is 2. The zero-order chi connectivity index (χ0) is 31.0. The molecule has 18 nitrogen and oxygen atoms in total. The zero-order valence-corrected chi connectivity index (χ0v) is 26.2. The van der Waals surface area contributed by atoms with Crippen LogP contribution in [0.15, 0.2) is 19.0 Å². The van der Waals surface area contributed by atoms with Crippen molar-refractivity contribution in [2.75, 3.05) is 24.7 Å². The van der Waals surface area contributed by atoms with E-state index in [9.17, 15) is 9.46 Å². The SMILES string of the molecule is Nc1ncnc2c1ncn2[C@@H]1O[C@@H]2COP(O)(=S)O[C@@H]3C[C@H](n4cnc5c(N)nc(Cl)nc54)O[C@@H]3COP(=O)(S)OC2[C@@H]1F. The lowest BCUT2D eigenvalue weighted by Crippen LogP contribution is -2.35. The Hall–Kier alpha value is -2.13. The molecule has 5 N–H and O–H groups in total. The number of halogens is 2. The Morgan fingerprint density at radius 2 is 1.70 bits per heavy atom. The number of nitrogens with zero attached hydrogens (tertiary/aromatic N) is 8. The van der Waals surface area contributed by atoms with E-state index >= 15 is 4.39 Å². The summed E-state index contributed by atoms with van der Waals surface area (Å²) in [5.41, 5.74) is 12.7. The number of anilines is 2. The van der Waals surface area contributed by atoms with Crippen LogP contribution < -0.4 is 11.5 Å². The molecule has 0 aliphatic carbocycles. The first kappa shape index (κ1) is 30.5. The molecule has 0 saturated carbocycles. The average molecular weight is 711 g/mol. The van der Waals surface area contributed by atoms with E-state index in [-0.39, 0.29) is 45.7 Å². The minimum atomic E-state index is -4.26. The summed E-state index contributed by atoms with van der Waals surface area (Å²) in [6.45, 7) is -9.18. The largest absolute Gasteiger partial charge is 0.386 e. The molecule has 7 rings (SSSR count). The molecule has 3 aliphatic heterocycles. The van der Waals surface area contributed by atoms with E-state index in [1.807, 2.05) is 0 Å². The molecular weight excluding hydrogens is 689 g/mol. The Morgan fingerprint density at radius 3 is 2.50 bits per heavy atom. The molecule has 4 aromatic rings. The van der Waals surface area contributed by atoms with Gasteiger partial charge in [-0.15, -0.1) is 0 Å². The first-order chi connectivity index (χ1) is 20.9. The van der Waals surface area contributed by atoms with E-state index < -0.39 is 69.8 Å². The molecule has 0 spiro atoms. The summed E-state index contributed by atoms with van der Waals surface area (Å²) in [7, 11) is 0. The number of hydrogen-bond acceptors (Lipinski definition) is 16. The average Bonchev–Trinajstić information content (AvgIpc) is 3.72. The molecule has 7 heterocycles. The van der Waals surface area contributed by atoms with Crippen molar-refractivity contribution < 1.29 is 41.4 Å². The number of nitrogens with two attached hydrogens (primary N) is 2. The fourth-order valence-corrected chi connectivity index (χ4v) is 8.34. The number of nitrogen functional groups attached to an aromatic ring is 2. The van der Waals surface area contributed by atoms with E-state index in [2.05, 4.69) is 42.2 Å². The lowest BCUT2D eigenvalue weighted by molar-refractivity contribution is -0.0561. The highest BCUT2D eigenvalue weighted by molar-refractivity contribution is 8.44. The summed E-state index contributed by atoms with van der Waals surface area (Å²) in [5, 5.41) is -0.104. The minimum Gasteiger partial charge on any atom is -0.382 e. The molecule has 0 radical (unpaired) electrons. The fourth-order valence-electron chi connectivity index (χ4n) is 5.21. The van der Waals surface area contributed by atoms with E-state index in [4.69, 9.17) is 62.4 Å². The molecule has 44 heavy (non-hydrogen) atoms. The van der Waals surface area contributed by atoms with E-state index in [0.29, 0.717) is 0 Å². The van der Waals surface area contributed by atoms with Crippen molar-refractivity contribution in [3.63, 3.8) is 0 Å². The van der Waals surface area contributed by atoms with Crippen molar-refractivity contribution >= 4 is 83.1 Å². The van der Waals surface area contributed by atoms with Crippen LogP contribution in [-0.4, -0.2) is 87.7 Å². The maximum atomic E-state index is 16.0. The van der Waals surface area contributed by atoms with Crippen LogP contribution in [0, 0.1) is 0 Å². The van der Waals surface area contributed by atoms with Crippen LogP contribution in [-0.2, 0) is 43.9 Å². The quantitative estimate of drug-likeness (QED) is 0.132. The monoisotopic (exact) mass is 710 g/mol. The maximum absolute atomic E-state index is 16.0. The number of fused-ring (bicyclic) bond motifs is 4. The minimum absolute atomic E-state index is 0.0649.